The number of H-pyrrole nitrogens is 1. The van der Waals surface area contributed by atoms with Crippen LogP contribution < -0.4 is 4.72 Å². The molecule has 1 aromatic heterocycles. The molecule has 2 rings (SSSR count). The molecule has 124 valence electrons. The van der Waals surface area contributed by atoms with Crippen LogP contribution in [0.1, 0.15) is 33.7 Å². The van der Waals surface area contributed by atoms with Crippen LogP contribution >= 0.6 is 0 Å². The van der Waals surface area contributed by atoms with Crippen LogP contribution in [0.4, 0.5) is 14.5 Å². The Kier molecular flexibility index (Phi) is 4.37. The fourth-order valence-electron chi connectivity index (χ4n) is 1.97. The second-order valence-electron chi connectivity index (χ2n) is 4.80. The molecule has 3 N–H and O–H groups in total. The molecule has 0 radical (unpaired) electrons. The van der Waals surface area contributed by atoms with E-state index in [0.29, 0.717) is 0 Å². The molecule has 0 fully saturated rings. The number of alkyl halides is 2. The van der Waals surface area contributed by atoms with Crippen molar-refractivity contribution in [2.75, 3.05) is 4.72 Å². The first-order valence-electron chi connectivity index (χ1n) is 6.33. The lowest BCUT2D eigenvalue weighted by Crippen LogP contribution is -2.15. The lowest BCUT2D eigenvalue weighted by Gasteiger charge is -2.10. The number of hydrogen-bond acceptors (Lipinski definition) is 4. The number of aryl methyl sites for hydroxylation is 2. The normalized spacial score (nSPS) is 11.7. The number of hydrogen-bond donors (Lipinski definition) is 3. The van der Waals surface area contributed by atoms with Crippen LogP contribution in [-0.4, -0.2) is 29.7 Å². The number of aromatic amines is 1. The molecule has 0 saturated heterocycles. The van der Waals surface area contributed by atoms with Crippen molar-refractivity contribution in [1.29, 1.82) is 0 Å². The highest BCUT2D eigenvalue weighted by molar-refractivity contribution is 7.92. The largest absolute Gasteiger partial charge is 0.478 e. The Labute approximate surface area is 130 Å². The van der Waals surface area contributed by atoms with Gasteiger partial charge in [0.05, 0.1) is 21.8 Å². The molecule has 0 spiro atoms. The van der Waals surface area contributed by atoms with Crippen molar-refractivity contribution in [3.05, 3.63) is 40.7 Å². The van der Waals surface area contributed by atoms with Crippen LogP contribution in [0.2, 0.25) is 0 Å². The van der Waals surface area contributed by atoms with E-state index in [1.807, 2.05) is 0 Å². The van der Waals surface area contributed by atoms with Crippen molar-refractivity contribution in [3.8, 4) is 0 Å². The summed E-state index contributed by atoms with van der Waals surface area (Å²) in [6.07, 6.45) is -2.95. The van der Waals surface area contributed by atoms with Crippen LogP contribution in [0, 0.1) is 13.8 Å². The molecule has 7 nitrogen and oxygen atoms in total. The first-order valence-corrected chi connectivity index (χ1v) is 7.81. The van der Waals surface area contributed by atoms with E-state index in [2.05, 4.69) is 14.9 Å². The van der Waals surface area contributed by atoms with Crippen molar-refractivity contribution in [2.24, 2.45) is 0 Å². The van der Waals surface area contributed by atoms with Gasteiger partial charge in [0.15, 0.2) is 5.69 Å². The Morgan fingerprint density at radius 2 is 2.00 bits per heavy atom. The number of halogens is 2. The van der Waals surface area contributed by atoms with E-state index in [4.69, 9.17) is 5.11 Å². The van der Waals surface area contributed by atoms with Gasteiger partial charge in [-0.25, -0.2) is 22.0 Å². The average Bonchev–Trinajstić information content (AvgIpc) is 2.79. The van der Waals surface area contributed by atoms with Crippen molar-refractivity contribution in [2.45, 2.75) is 25.2 Å². The number of benzene rings is 1. The molecule has 23 heavy (non-hydrogen) atoms. The van der Waals surface area contributed by atoms with E-state index in [-0.39, 0.29) is 27.4 Å². The van der Waals surface area contributed by atoms with Gasteiger partial charge in [-0.15, -0.1) is 0 Å². The Hall–Kier alpha value is -2.49. The van der Waals surface area contributed by atoms with Crippen LogP contribution in [0.3, 0.4) is 0 Å². The number of sulfonamides is 1. The molecule has 0 atom stereocenters. The SMILES string of the molecule is Cc1cc(S(=O)(=O)Nc2c(C(F)F)n[nH]c2C)ccc1C(=O)O. The summed E-state index contributed by atoms with van der Waals surface area (Å²) in [5.41, 5.74) is -0.692. The summed E-state index contributed by atoms with van der Waals surface area (Å²) in [6.45, 7) is 2.84. The molecule has 0 aliphatic carbocycles. The topological polar surface area (TPSA) is 112 Å². The highest BCUT2D eigenvalue weighted by Gasteiger charge is 2.24. The molecule has 0 amide bonds. The molecule has 1 aromatic carbocycles. The molecule has 0 bridgehead atoms. The highest BCUT2D eigenvalue weighted by Crippen LogP contribution is 2.29. The van der Waals surface area contributed by atoms with Crippen LogP contribution in [0.5, 0.6) is 0 Å². The van der Waals surface area contributed by atoms with Crippen molar-refractivity contribution < 1.29 is 27.1 Å². The number of aromatic nitrogens is 2. The number of carbonyl (C=O) groups is 1. The predicted octanol–water partition coefficient (Wildman–Crippen LogP) is 2.46. The minimum Gasteiger partial charge on any atom is -0.478 e. The third-order valence-corrected chi connectivity index (χ3v) is 4.50. The summed E-state index contributed by atoms with van der Waals surface area (Å²) in [4.78, 5) is 10.7. The quantitative estimate of drug-likeness (QED) is 0.770. The lowest BCUT2D eigenvalue weighted by atomic mass is 10.1. The first kappa shape index (κ1) is 16.9. The number of nitrogens with one attached hydrogen (secondary N) is 2. The Morgan fingerprint density at radius 1 is 1.35 bits per heavy atom. The number of nitrogens with zero attached hydrogens (tertiary/aromatic N) is 1. The minimum absolute atomic E-state index is 0.0447. The van der Waals surface area contributed by atoms with Gasteiger partial charge in [0, 0.05) is 0 Å². The van der Waals surface area contributed by atoms with E-state index < -0.39 is 28.1 Å². The van der Waals surface area contributed by atoms with E-state index in [0.717, 1.165) is 18.2 Å². The predicted molar refractivity (Wildman–Crippen MR) is 77.2 cm³/mol. The van der Waals surface area contributed by atoms with Gasteiger partial charge in [0.25, 0.3) is 16.4 Å². The summed E-state index contributed by atoms with van der Waals surface area (Å²) in [5, 5.41) is 14.6. The molecule has 0 saturated carbocycles. The zero-order valence-corrected chi connectivity index (χ0v) is 12.9. The third kappa shape index (κ3) is 3.31. The van der Waals surface area contributed by atoms with E-state index in [1.54, 1.807) is 0 Å². The molecular formula is C13H13F2N3O4S. The van der Waals surface area contributed by atoms with Crippen LogP contribution in [-0.2, 0) is 10.0 Å². The standard InChI is InChI=1S/C13H13F2N3O4S/c1-6-5-8(3-4-9(6)13(19)20)23(21,22)18-10-7(2)16-17-11(10)12(14)15/h3-5,12,18H,1-2H3,(H,16,17)(H,19,20). The lowest BCUT2D eigenvalue weighted by molar-refractivity contribution is 0.0696. The second-order valence-corrected chi connectivity index (χ2v) is 6.48. The maximum absolute atomic E-state index is 12.8. The Balaban J connectivity index is 2.42. The second kappa shape index (κ2) is 5.95. The summed E-state index contributed by atoms with van der Waals surface area (Å²) in [6, 6.07) is 3.39. The van der Waals surface area contributed by atoms with Crippen LogP contribution in [0.15, 0.2) is 23.1 Å². The summed E-state index contributed by atoms with van der Waals surface area (Å²) in [5.74, 6) is -1.19. The minimum atomic E-state index is -4.16. The van der Waals surface area contributed by atoms with Gasteiger partial charge in [0.1, 0.15) is 0 Å². The fourth-order valence-corrected chi connectivity index (χ4v) is 3.19. The van der Waals surface area contributed by atoms with Crippen molar-refractivity contribution >= 4 is 21.7 Å². The molecule has 0 unspecified atom stereocenters. The Morgan fingerprint density at radius 3 is 2.52 bits per heavy atom. The van der Waals surface area contributed by atoms with Gasteiger partial charge < -0.3 is 5.11 Å². The fraction of sp³-hybridized carbons (Fsp3) is 0.231. The van der Waals surface area contributed by atoms with Gasteiger partial charge >= 0.3 is 5.97 Å². The van der Waals surface area contributed by atoms with Crippen molar-refractivity contribution in [1.82, 2.24) is 10.2 Å². The smallest absolute Gasteiger partial charge is 0.335 e. The maximum atomic E-state index is 12.8. The molecule has 10 heteroatoms. The number of carboxylic acids is 1. The number of rotatable bonds is 5. The molecule has 1 heterocycles. The number of aromatic carboxylic acids is 1. The molecular weight excluding hydrogens is 332 g/mol. The molecule has 2 aromatic rings. The maximum Gasteiger partial charge on any atom is 0.335 e. The van der Waals surface area contributed by atoms with Crippen LogP contribution in [0.25, 0.3) is 0 Å². The Bertz CT molecular complexity index is 862. The third-order valence-electron chi connectivity index (χ3n) is 3.16. The average molecular weight is 345 g/mol. The molecule has 0 aliphatic heterocycles. The van der Waals surface area contributed by atoms with Gasteiger partial charge in [-0.3, -0.25) is 9.82 Å². The number of carboxylic acid groups (broad SMARTS) is 1. The highest BCUT2D eigenvalue weighted by atomic mass is 32.2. The van der Waals surface area contributed by atoms with Gasteiger partial charge in [-0.1, -0.05) is 0 Å². The van der Waals surface area contributed by atoms with E-state index >= 15 is 0 Å². The van der Waals surface area contributed by atoms with Gasteiger partial charge in [-0.2, -0.15) is 5.10 Å². The monoisotopic (exact) mass is 345 g/mol. The summed E-state index contributed by atoms with van der Waals surface area (Å²) < 4.78 is 52.4. The van der Waals surface area contributed by atoms with Gasteiger partial charge in [-0.05, 0) is 37.6 Å². The molecule has 0 aliphatic rings. The van der Waals surface area contributed by atoms with E-state index in [9.17, 15) is 22.0 Å². The van der Waals surface area contributed by atoms with Crippen molar-refractivity contribution in [3.63, 3.8) is 0 Å². The number of anilines is 1. The zero-order valence-electron chi connectivity index (χ0n) is 12.1. The van der Waals surface area contributed by atoms with E-state index in [1.165, 1.54) is 13.8 Å². The summed E-state index contributed by atoms with van der Waals surface area (Å²) >= 11 is 0. The first-order chi connectivity index (χ1) is 10.6. The van der Waals surface area contributed by atoms with Gasteiger partial charge in [0.2, 0.25) is 0 Å². The summed E-state index contributed by atoms with van der Waals surface area (Å²) in [7, 11) is -4.16. The zero-order chi connectivity index (χ0) is 17.4.